The number of hydrogen-bond acceptors (Lipinski definition) is 1. The molecule has 0 spiro atoms. The number of imidazole rings is 1. The van der Waals surface area contributed by atoms with Crippen LogP contribution < -0.4 is 0 Å². The normalized spacial score (nSPS) is 10.5. The maximum absolute atomic E-state index is 5.97. The van der Waals surface area contributed by atoms with Crippen LogP contribution in [0.25, 0.3) is 11.4 Å². The van der Waals surface area contributed by atoms with Gasteiger partial charge in [-0.05, 0) is 37.6 Å². The molecule has 1 N–H and O–H groups in total. The summed E-state index contributed by atoms with van der Waals surface area (Å²) in [6, 6.07) is 5.90. The summed E-state index contributed by atoms with van der Waals surface area (Å²) in [5, 5.41) is 0.744. The summed E-state index contributed by atoms with van der Waals surface area (Å²) in [4.78, 5) is 7.43. The molecule has 72 valence electrons. The lowest BCUT2D eigenvalue weighted by atomic mass is 10.1. The molecule has 2 nitrogen and oxygen atoms in total. The predicted molar refractivity (Wildman–Crippen MR) is 58.5 cm³/mol. The van der Waals surface area contributed by atoms with Gasteiger partial charge in [0.25, 0.3) is 0 Å². The number of aryl methyl sites for hydroxylation is 2. The topological polar surface area (TPSA) is 28.7 Å². The van der Waals surface area contributed by atoms with E-state index >= 15 is 0 Å². The Kier molecular flexibility index (Phi) is 2.30. The van der Waals surface area contributed by atoms with Crippen molar-refractivity contribution in [2.24, 2.45) is 0 Å². The number of nitrogens with one attached hydrogen (secondary N) is 1. The Morgan fingerprint density at radius 3 is 2.57 bits per heavy atom. The lowest BCUT2D eigenvalue weighted by molar-refractivity contribution is 1.25. The fraction of sp³-hybridized carbons (Fsp3) is 0.182. The zero-order valence-corrected chi connectivity index (χ0v) is 8.89. The van der Waals surface area contributed by atoms with E-state index in [1.807, 2.05) is 32.2 Å². The summed E-state index contributed by atoms with van der Waals surface area (Å²) in [5.41, 5.74) is 3.22. The number of aromatic amines is 1. The SMILES string of the molecule is Cc1cc(Cl)cc(-c2ncc(C)[nH]2)c1. The number of hydrogen-bond donors (Lipinski definition) is 1. The molecular weight excluding hydrogens is 196 g/mol. The summed E-state index contributed by atoms with van der Waals surface area (Å²) in [5.74, 6) is 0.869. The summed E-state index contributed by atoms with van der Waals surface area (Å²) in [6.07, 6.45) is 1.81. The first kappa shape index (κ1) is 9.28. The monoisotopic (exact) mass is 206 g/mol. The van der Waals surface area contributed by atoms with Crippen LogP contribution in [0.2, 0.25) is 5.02 Å². The van der Waals surface area contributed by atoms with Crippen LogP contribution in [-0.4, -0.2) is 9.97 Å². The van der Waals surface area contributed by atoms with Gasteiger partial charge in [0.1, 0.15) is 5.82 Å². The lowest BCUT2D eigenvalue weighted by Gasteiger charge is -2.00. The molecule has 2 rings (SSSR count). The predicted octanol–water partition coefficient (Wildman–Crippen LogP) is 3.35. The second-order valence-electron chi connectivity index (χ2n) is 3.43. The van der Waals surface area contributed by atoms with Crippen molar-refractivity contribution in [3.63, 3.8) is 0 Å². The van der Waals surface area contributed by atoms with E-state index in [2.05, 4.69) is 16.0 Å². The highest BCUT2D eigenvalue weighted by Crippen LogP contribution is 2.22. The largest absolute Gasteiger partial charge is 0.342 e. The third kappa shape index (κ3) is 1.80. The van der Waals surface area contributed by atoms with Crippen LogP contribution in [0, 0.1) is 13.8 Å². The van der Waals surface area contributed by atoms with Crippen molar-refractivity contribution in [3.8, 4) is 11.4 Å². The highest BCUT2D eigenvalue weighted by atomic mass is 35.5. The molecule has 0 aliphatic heterocycles. The first-order valence-corrected chi connectivity index (χ1v) is 4.82. The Bertz CT molecular complexity index is 440. The van der Waals surface area contributed by atoms with Crippen molar-refractivity contribution in [1.82, 2.24) is 9.97 Å². The van der Waals surface area contributed by atoms with Gasteiger partial charge in [0, 0.05) is 22.5 Å². The smallest absolute Gasteiger partial charge is 0.137 e. The molecule has 0 fully saturated rings. The van der Waals surface area contributed by atoms with Gasteiger partial charge in [-0.2, -0.15) is 0 Å². The van der Waals surface area contributed by atoms with Crippen LogP contribution in [0.3, 0.4) is 0 Å². The minimum atomic E-state index is 0.744. The second-order valence-corrected chi connectivity index (χ2v) is 3.87. The molecule has 0 bridgehead atoms. The minimum Gasteiger partial charge on any atom is -0.342 e. The van der Waals surface area contributed by atoms with Gasteiger partial charge >= 0.3 is 0 Å². The van der Waals surface area contributed by atoms with E-state index in [-0.39, 0.29) is 0 Å². The Morgan fingerprint density at radius 2 is 2.00 bits per heavy atom. The quantitative estimate of drug-likeness (QED) is 0.762. The van der Waals surface area contributed by atoms with Crippen LogP contribution in [0.15, 0.2) is 24.4 Å². The van der Waals surface area contributed by atoms with E-state index in [9.17, 15) is 0 Å². The van der Waals surface area contributed by atoms with Crippen LogP contribution in [0.4, 0.5) is 0 Å². The van der Waals surface area contributed by atoms with Crippen molar-refractivity contribution in [1.29, 1.82) is 0 Å². The molecule has 0 saturated carbocycles. The van der Waals surface area contributed by atoms with E-state index in [4.69, 9.17) is 11.6 Å². The molecule has 1 heterocycles. The lowest BCUT2D eigenvalue weighted by Crippen LogP contribution is -1.82. The third-order valence-corrected chi connectivity index (χ3v) is 2.24. The summed E-state index contributed by atoms with van der Waals surface area (Å²) < 4.78 is 0. The molecule has 14 heavy (non-hydrogen) atoms. The first-order valence-electron chi connectivity index (χ1n) is 4.44. The molecule has 0 radical (unpaired) electrons. The van der Waals surface area contributed by atoms with Gasteiger partial charge in [0.15, 0.2) is 0 Å². The molecule has 0 unspecified atom stereocenters. The van der Waals surface area contributed by atoms with Crippen molar-refractivity contribution >= 4 is 11.6 Å². The van der Waals surface area contributed by atoms with Gasteiger partial charge in [-0.25, -0.2) is 4.98 Å². The fourth-order valence-corrected chi connectivity index (χ4v) is 1.72. The number of H-pyrrole nitrogens is 1. The molecule has 0 aliphatic carbocycles. The Labute approximate surface area is 88.0 Å². The highest BCUT2D eigenvalue weighted by Gasteiger charge is 2.02. The van der Waals surface area contributed by atoms with Gasteiger partial charge in [-0.15, -0.1) is 0 Å². The van der Waals surface area contributed by atoms with Crippen molar-refractivity contribution in [2.75, 3.05) is 0 Å². The zero-order valence-electron chi connectivity index (χ0n) is 8.13. The van der Waals surface area contributed by atoms with Crippen molar-refractivity contribution in [3.05, 3.63) is 40.7 Å². The van der Waals surface area contributed by atoms with Crippen LogP contribution in [0.1, 0.15) is 11.3 Å². The number of benzene rings is 1. The maximum Gasteiger partial charge on any atom is 0.137 e. The Morgan fingerprint density at radius 1 is 1.21 bits per heavy atom. The van der Waals surface area contributed by atoms with E-state index in [0.717, 1.165) is 27.7 Å². The number of halogens is 1. The molecule has 0 aliphatic rings. The summed E-state index contributed by atoms with van der Waals surface area (Å²) in [6.45, 7) is 4.00. The molecule has 2 aromatic rings. The molecule has 0 atom stereocenters. The van der Waals surface area contributed by atoms with Gasteiger partial charge < -0.3 is 4.98 Å². The molecule has 3 heteroatoms. The molecule has 0 amide bonds. The fourth-order valence-electron chi connectivity index (χ4n) is 1.43. The van der Waals surface area contributed by atoms with E-state index in [1.165, 1.54) is 0 Å². The zero-order chi connectivity index (χ0) is 10.1. The first-order chi connectivity index (χ1) is 6.65. The van der Waals surface area contributed by atoms with E-state index in [1.54, 1.807) is 0 Å². The van der Waals surface area contributed by atoms with Crippen molar-refractivity contribution in [2.45, 2.75) is 13.8 Å². The van der Waals surface area contributed by atoms with Gasteiger partial charge in [0.2, 0.25) is 0 Å². The molecule has 1 aromatic carbocycles. The van der Waals surface area contributed by atoms with Gasteiger partial charge in [-0.1, -0.05) is 11.6 Å². The second kappa shape index (κ2) is 3.46. The van der Waals surface area contributed by atoms with E-state index in [0.29, 0.717) is 0 Å². The molecule has 0 saturated heterocycles. The van der Waals surface area contributed by atoms with E-state index < -0.39 is 0 Å². The Balaban J connectivity index is 2.51. The minimum absolute atomic E-state index is 0.744. The van der Waals surface area contributed by atoms with Crippen molar-refractivity contribution < 1.29 is 0 Å². The van der Waals surface area contributed by atoms with Crippen LogP contribution in [0.5, 0.6) is 0 Å². The average molecular weight is 207 g/mol. The number of nitrogens with zero attached hydrogens (tertiary/aromatic N) is 1. The summed E-state index contributed by atoms with van der Waals surface area (Å²) in [7, 11) is 0. The number of aromatic nitrogens is 2. The summed E-state index contributed by atoms with van der Waals surface area (Å²) >= 11 is 5.97. The third-order valence-electron chi connectivity index (χ3n) is 2.02. The standard InChI is InChI=1S/C11H11ClN2/c1-7-3-9(5-10(12)4-7)11-13-6-8(2)14-11/h3-6H,1-2H3,(H,13,14). The highest BCUT2D eigenvalue weighted by molar-refractivity contribution is 6.30. The van der Waals surface area contributed by atoms with Crippen LogP contribution in [-0.2, 0) is 0 Å². The Hall–Kier alpha value is -1.28. The molecule has 1 aromatic heterocycles. The molecular formula is C11H11ClN2. The van der Waals surface area contributed by atoms with Gasteiger partial charge in [0.05, 0.1) is 0 Å². The maximum atomic E-state index is 5.97. The van der Waals surface area contributed by atoms with Gasteiger partial charge in [-0.3, -0.25) is 0 Å². The average Bonchev–Trinajstić information content (AvgIpc) is 2.50. The number of rotatable bonds is 1. The van der Waals surface area contributed by atoms with Crippen LogP contribution >= 0.6 is 11.6 Å².